The lowest BCUT2D eigenvalue weighted by molar-refractivity contribution is -0.492. The fourth-order valence-corrected chi connectivity index (χ4v) is 4.83. The van der Waals surface area contributed by atoms with Gasteiger partial charge in [0.25, 0.3) is 0 Å². The predicted molar refractivity (Wildman–Crippen MR) is 109 cm³/mol. The van der Waals surface area contributed by atoms with Crippen LogP contribution < -0.4 is 4.90 Å². The number of anilines is 3. The summed E-state index contributed by atoms with van der Waals surface area (Å²) in [5, 5.41) is 0. The molecule has 0 amide bonds. The Labute approximate surface area is 162 Å². The summed E-state index contributed by atoms with van der Waals surface area (Å²) in [5.74, 6) is 0. The summed E-state index contributed by atoms with van der Waals surface area (Å²) < 4.78 is -0.790. The molecule has 2 aliphatic heterocycles. The summed E-state index contributed by atoms with van der Waals surface area (Å²) in [7, 11) is 0. The Morgan fingerprint density at radius 2 is 1.31 bits per heavy atom. The first-order valence-corrected chi connectivity index (χ1v) is 10.1. The lowest BCUT2D eigenvalue weighted by Gasteiger charge is -2.56. The summed E-state index contributed by atoms with van der Waals surface area (Å²) in [4.78, 5) is 13.7. The van der Waals surface area contributed by atoms with Crippen molar-refractivity contribution in [2.24, 2.45) is 0 Å². The molecule has 3 nitrogen and oxygen atoms in total. The van der Waals surface area contributed by atoms with Gasteiger partial charge in [0.1, 0.15) is 0 Å². The average Bonchev–Trinajstić information content (AvgIpc) is 2.71. The van der Waals surface area contributed by atoms with Crippen molar-refractivity contribution < 1.29 is 9.78 Å². The van der Waals surface area contributed by atoms with Crippen LogP contribution in [0.25, 0.3) is 0 Å². The number of rotatable bonds is 2. The highest BCUT2D eigenvalue weighted by atomic mass is 32.2. The molecule has 0 radical (unpaired) electrons. The van der Waals surface area contributed by atoms with E-state index >= 15 is 0 Å². The smallest absolute Gasteiger partial charge is 0.232 e. The molecule has 26 heavy (non-hydrogen) atoms. The summed E-state index contributed by atoms with van der Waals surface area (Å²) in [5.41, 5.74) is 4.61. The molecule has 0 aliphatic carbocycles. The minimum absolute atomic E-state index is 0.756. The maximum atomic E-state index is 5.88. The number of para-hydroxylation sites is 3. The normalized spacial score (nSPS) is 22.5. The molecular formula is C21H17NO2S2. The Balaban J connectivity index is 1.84. The molecule has 5 heteroatoms. The van der Waals surface area contributed by atoms with Crippen molar-refractivity contribution >= 4 is 41.5 Å². The first kappa shape index (κ1) is 16.3. The van der Waals surface area contributed by atoms with E-state index in [0.717, 1.165) is 28.2 Å². The third-order valence-corrected chi connectivity index (χ3v) is 6.91. The molecule has 3 aromatic rings. The highest BCUT2D eigenvalue weighted by Gasteiger charge is 2.67. The minimum atomic E-state index is -0.790. The van der Waals surface area contributed by atoms with Crippen molar-refractivity contribution in [2.75, 3.05) is 11.2 Å². The molecule has 3 aromatic carbocycles. The van der Waals surface area contributed by atoms with Crippen LogP contribution >= 0.6 is 24.4 Å². The van der Waals surface area contributed by atoms with Gasteiger partial charge in [-0.1, -0.05) is 54.6 Å². The number of fused-ring (bicyclic) bond motifs is 4. The lowest BCUT2D eigenvalue weighted by Crippen LogP contribution is -2.61. The Kier molecular flexibility index (Phi) is 3.62. The molecule has 1 unspecified atom stereocenters. The largest absolute Gasteiger partial charge is 0.310 e. The van der Waals surface area contributed by atoms with Gasteiger partial charge in [0, 0.05) is 16.8 Å². The number of benzene rings is 3. The molecule has 1 saturated heterocycles. The van der Waals surface area contributed by atoms with E-state index < -0.39 is 9.87 Å². The summed E-state index contributed by atoms with van der Waals surface area (Å²) in [6.45, 7) is 0. The van der Waals surface area contributed by atoms with Crippen molar-refractivity contribution in [3.63, 3.8) is 0 Å². The van der Waals surface area contributed by atoms with Crippen molar-refractivity contribution in [1.29, 1.82) is 0 Å². The quantitative estimate of drug-likeness (QED) is 0.354. The van der Waals surface area contributed by atoms with Gasteiger partial charge in [-0.25, -0.2) is 9.78 Å². The number of nitrogens with zero attached hydrogens (tertiary/aromatic N) is 1. The van der Waals surface area contributed by atoms with E-state index in [2.05, 4.69) is 65.6 Å². The molecule has 0 saturated carbocycles. The maximum Gasteiger partial charge on any atom is 0.232 e. The van der Waals surface area contributed by atoms with Crippen molar-refractivity contribution in [3.05, 3.63) is 90.0 Å². The van der Waals surface area contributed by atoms with Gasteiger partial charge in [0.05, 0.1) is 11.4 Å². The molecular weight excluding hydrogens is 362 g/mol. The highest BCUT2D eigenvalue weighted by Crippen LogP contribution is 2.66. The Morgan fingerprint density at radius 3 is 1.81 bits per heavy atom. The second-order valence-electron chi connectivity index (χ2n) is 6.34. The van der Waals surface area contributed by atoms with Crippen LogP contribution in [0.3, 0.4) is 0 Å². The molecule has 1 fully saturated rings. The predicted octanol–water partition coefficient (Wildman–Crippen LogP) is 5.62. The second kappa shape index (κ2) is 5.79. The number of hydrogen-bond donors (Lipinski definition) is 1. The Hall–Kier alpha value is -1.92. The first-order valence-electron chi connectivity index (χ1n) is 8.40. The van der Waals surface area contributed by atoms with Crippen molar-refractivity contribution in [1.82, 2.24) is 0 Å². The highest BCUT2D eigenvalue weighted by molar-refractivity contribution is 8.11. The van der Waals surface area contributed by atoms with Gasteiger partial charge in [-0.05, 0) is 30.5 Å². The SMILES string of the molecule is CSC1(S)OOC12c1ccccc1N(c1ccccc1)c1ccccc12. The summed E-state index contributed by atoms with van der Waals surface area (Å²) in [6.07, 6.45) is 1.99. The standard InChI is InChI=1S/C21H17NO2S2/c1-26-21(25)20(23-24-21)16-11-5-7-13-18(16)22(15-9-3-2-4-10-15)19-14-8-6-12-17(19)20/h2-14,25H,1H3. The van der Waals surface area contributed by atoms with E-state index in [9.17, 15) is 0 Å². The molecule has 5 rings (SSSR count). The van der Waals surface area contributed by atoms with Gasteiger partial charge >= 0.3 is 0 Å². The fraction of sp³-hybridized carbons (Fsp3) is 0.143. The zero-order valence-corrected chi connectivity index (χ0v) is 15.8. The van der Waals surface area contributed by atoms with Crippen LogP contribution in [0, 0.1) is 0 Å². The monoisotopic (exact) mass is 379 g/mol. The van der Waals surface area contributed by atoms with E-state index in [4.69, 9.17) is 22.4 Å². The molecule has 0 aromatic heterocycles. The van der Waals surface area contributed by atoms with Crippen LogP contribution in [0.4, 0.5) is 17.1 Å². The minimum Gasteiger partial charge on any atom is -0.310 e. The first-order chi connectivity index (χ1) is 12.7. The van der Waals surface area contributed by atoms with Crippen molar-refractivity contribution in [3.8, 4) is 0 Å². The van der Waals surface area contributed by atoms with E-state index in [1.807, 2.05) is 24.5 Å². The fourth-order valence-electron chi connectivity index (χ4n) is 3.87. The number of thioether (sulfide) groups is 1. The number of thiol groups is 1. The Morgan fingerprint density at radius 1 is 0.769 bits per heavy atom. The van der Waals surface area contributed by atoms with Gasteiger partial charge < -0.3 is 4.90 Å². The van der Waals surface area contributed by atoms with Gasteiger partial charge in [-0.3, -0.25) is 0 Å². The third-order valence-electron chi connectivity index (χ3n) is 5.06. The van der Waals surface area contributed by atoms with E-state index in [1.165, 1.54) is 0 Å². The summed E-state index contributed by atoms with van der Waals surface area (Å²) in [6, 6.07) is 27.0. The summed E-state index contributed by atoms with van der Waals surface area (Å²) >= 11 is 6.41. The Bertz CT molecular complexity index is 927. The van der Waals surface area contributed by atoms with Crippen LogP contribution in [0.5, 0.6) is 0 Å². The number of hydrogen-bond acceptors (Lipinski definition) is 5. The van der Waals surface area contributed by atoms with Crippen molar-refractivity contribution in [2.45, 2.75) is 9.87 Å². The maximum absolute atomic E-state index is 5.88. The molecule has 0 N–H and O–H groups in total. The third kappa shape index (κ3) is 1.94. The second-order valence-corrected chi connectivity index (χ2v) is 8.25. The van der Waals surface area contributed by atoms with E-state index in [-0.39, 0.29) is 0 Å². The van der Waals surface area contributed by atoms with Gasteiger partial charge in [-0.2, -0.15) is 0 Å². The molecule has 130 valence electrons. The molecule has 1 atom stereocenters. The van der Waals surface area contributed by atoms with E-state index in [1.54, 1.807) is 11.8 Å². The lowest BCUT2D eigenvalue weighted by atomic mass is 9.79. The zero-order valence-electron chi connectivity index (χ0n) is 14.1. The zero-order chi connectivity index (χ0) is 17.8. The van der Waals surface area contributed by atoms with Crippen LogP contribution in [-0.2, 0) is 15.4 Å². The molecule has 2 aliphatic rings. The van der Waals surface area contributed by atoms with Gasteiger partial charge in [-0.15, -0.1) is 24.4 Å². The molecule has 0 bridgehead atoms. The molecule has 1 spiro atoms. The van der Waals surface area contributed by atoms with Crippen LogP contribution in [-0.4, -0.2) is 10.5 Å². The van der Waals surface area contributed by atoms with Gasteiger partial charge in [0.15, 0.2) is 0 Å². The van der Waals surface area contributed by atoms with Crippen LogP contribution in [0.15, 0.2) is 78.9 Å². The van der Waals surface area contributed by atoms with E-state index in [0.29, 0.717) is 0 Å². The van der Waals surface area contributed by atoms with Crippen LogP contribution in [0.2, 0.25) is 0 Å². The van der Waals surface area contributed by atoms with Gasteiger partial charge in [0.2, 0.25) is 9.87 Å². The van der Waals surface area contributed by atoms with Crippen LogP contribution in [0.1, 0.15) is 11.1 Å². The average molecular weight is 380 g/mol. The molecule has 2 heterocycles. The topological polar surface area (TPSA) is 21.7 Å².